The van der Waals surface area contributed by atoms with Gasteiger partial charge in [0, 0.05) is 39.5 Å². The first-order valence-corrected chi connectivity index (χ1v) is 37.1. The highest BCUT2D eigenvalue weighted by atomic mass is 16.8. The molecule has 0 aliphatic carbocycles. The van der Waals surface area contributed by atoms with Gasteiger partial charge in [0.15, 0.2) is 12.6 Å². The summed E-state index contributed by atoms with van der Waals surface area (Å²) in [6, 6.07) is -1.58. The molecule has 3 aliphatic heterocycles. The molecule has 0 aromatic heterocycles. The summed E-state index contributed by atoms with van der Waals surface area (Å²) >= 11 is 0. The smallest absolute Gasteiger partial charge is 0.364 e. The lowest BCUT2D eigenvalue weighted by Gasteiger charge is -2.50. The molecule has 0 saturated carbocycles. The number of aliphatic carboxylic acids is 1. The molecule has 0 spiro atoms. The molecule has 3 heterocycles. The van der Waals surface area contributed by atoms with E-state index in [0.717, 1.165) is 39.0 Å². The number of aliphatic hydroxyl groups excluding tert-OH is 10. The van der Waals surface area contributed by atoms with E-state index in [1.54, 1.807) is 0 Å². The van der Waals surface area contributed by atoms with E-state index >= 15 is 0 Å². The average Bonchev–Trinajstić information content (AvgIpc) is 0.760. The van der Waals surface area contributed by atoms with Gasteiger partial charge in [0.25, 0.3) is 5.79 Å². The van der Waals surface area contributed by atoms with Crippen molar-refractivity contribution in [2.24, 2.45) is 0 Å². The molecule has 0 bridgehead atoms. The third kappa shape index (κ3) is 35.7. The second kappa shape index (κ2) is 53.9. The molecule has 27 nitrogen and oxygen atoms in total. The van der Waals surface area contributed by atoms with Gasteiger partial charge < -0.3 is 114 Å². The van der Waals surface area contributed by atoms with Crippen molar-refractivity contribution >= 4 is 23.8 Å². The number of hydrogen-bond acceptors (Lipinski definition) is 24. The molecular weight excluding hydrogens is 1270 g/mol. The van der Waals surface area contributed by atoms with Gasteiger partial charge in [0.1, 0.15) is 79.9 Å². The fourth-order valence-corrected chi connectivity index (χ4v) is 12.4. The zero-order chi connectivity index (χ0) is 71.1. The van der Waals surface area contributed by atoms with E-state index in [-0.39, 0.29) is 45.8 Å². The monoisotopic (exact) mass is 1400 g/mol. The molecule has 17 atom stereocenters. The maximum Gasteiger partial charge on any atom is 0.364 e. The Bertz CT molecular complexity index is 2000. The van der Waals surface area contributed by atoms with E-state index in [1.165, 1.54) is 173 Å². The Morgan fingerprint density at radius 3 is 1.55 bits per heavy atom. The zero-order valence-electron chi connectivity index (χ0n) is 58.9. The summed E-state index contributed by atoms with van der Waals surface area (Å²) in [6.45, 7) is 3.86. The summed E-state index contributed by atoms with van der Waals surface area (Å²) in [5.74, 6) is -6.77. The standard InChI is InChI=1S/C70H130N2O25/c1-4-6-8-10-12-14-16-18-20-22-24-26-28-30-32-34-39-89-48-51(90-40-35-33-31-29-27-25-23-21-19-17-15-13-11-9-7-5-2)49-92-57(80)37-36-56(79)71-38-41-88-42-43-91-67-62(84)61(83)64(55(47-75)94-67)95-68-63(85)66(60(82)54(46-74)93-68)97-70(69(86)87)44-52(77)58(72-50(3)76)65(96-70)59(81)53(78)45-73/h51-55,58-68,73-75,77-78,81-85H,4-49H2,1-3H3,(H,71,79)(H,72,76)(H,86,87)/t51?,52-,53+,54+,55+,58+,59+,60-,61+,62+,63+,64+,65+,66-,67+,68-,70-/m0/s1. The van der Waals surface area contributed by atoms with Crippen LogP contribution in [-0.4, -0.2) is 256 Å². The van der Waals surface area contributed by atoms with Crippen LogP contribution in [-0.2, 0) is 66.5 Å². The number of rotatable bonds is 60. The van der Waals surface area contributed by atoms with Crippen molar-refractivity contribution in [1.82, 2.24) is 10.6 Å². The first kappa shape index (κ1) is 88.3. The number of unbranched alkanes of at least 4 members (excludes halogenated alkanes) is 30. The van der Waals surface area contributed by atoms with Crippen LogP contribution in [0.3, 0.4) is 0 Å². The Labute approximate surface area is 577 Å². The number of nitrogens with one attached hydrogen (secondary N) is 2. The Hall–Kier alpha value is -2.88. The Morgan fingerprint density at radius 2 is 1.05 bits per heavy atom. The molecule has 0 radical (unpaired) electrons. The maximum atomic E-state index is 12.9. The topological polar surface area (TPSA) is 407 Å². The summed E-state index contributed by atoms with van der Waals surface area (Å²) in [5.41, 5.74) is 0. The maximum absolute atomic E-state index is 12.9. The predicted octanol–water partition coefficient (Wildman–Crippen LogP) is 5.18. The highest BCUT2D eigenvalue weighted by molar-refractivity contribution is 5.81. The molecule has 3 aliphatic rings. The molecular formula is C70H130N2O25. The Kier molecular flexibility index (Phi) is 49.1. The molecule has 3 rings (SSSR count). The minimum Gasteiger partial charge on any atom is -0.477 e. The number of amides is 2. The lowest BCUT2D eigenvalue weighted by atomic mass is 9.88. The van der Waals surface area contributed by atoms with Crippen molar-refractivity contribution in [3.05, 3.63) is 0 Å². The molecule has 1 unspecified atom stereocenters. The number of ether oxygens (including phenoxy) is 10. The van der Waals surface area contributed by atoms with Crippen LogP contribution in [0.4, 0.5) is 0 Å². The number of carboxylic acid groups (broad SMARTS) is 1. The first-order chi connectivity index (χ1) is 46.9. The van der Waals surface area contributed by atoms with Crippen LogP contribution < -0.4 is 10.6 Å². The number of aliphatic hydroxyl groups is 10. The van der Waals surface area contributed by atoms with Gasteiger partial charge in [0.2, 0.25) is 11.8 Å². The molecule has 3 saturated heterocycles. The minimum atomic E-state index is -3.08. The van der Waals surface area contributed by atoms with Crippen LogP contribution in [0.5, 0.6) is 0 Å². The van der Waals surface area contributed by atoms with Gasteiger partial charge in [-0.3, -0.25) is 14.4 Å². The quantitative estimate of drug-likeness (QED) is 0.0275. The lowest BCUT2D eigenvalue weighted by molar-refractivity contribution is -0.386. The summed E-state index contributed by atoms with van der Waals surface area (Å²) < 4.78 is 57.3. The van der Waals surface area contributed by atoms with Crippen LogP contribution in [0.1, 0.15) is 245 Å². The highest BCUT2D eigenvalue weighted by Gasteiger charge is 2.60. The Morgan fingerprint density at radius 1 is 0.546 bits per heavy atom. The van der Waals surface area contributed by atoms with Gasteiger partial charge in [-0.2, -0.15) is 0 Å². The number of hydrogen-bond donors (Lipinski definition) is 13. The molecule has 97 heavy (non-hydrogen) atoms. The predicted molar refractivity (Wildman–Crippen MR) is 357 cm³/mol. The van der Waals surface area contributed by atoms with E-state index in [2.05, 4.69) is 24.5 Å². The second-order valence-electron chi connectivity index (χ2n) is 26.7. The van der Waals surface area contributed by atoms with Gasteiger partial charge in [0.05, 0.1) is 64.8 Å². The lowest BCUT2D eigenvalue weighted by Crippen LogP contribution is -2.70. The average molecular weight is 1400 g/mol. The summed E-state index contributed by atoms with van der Waals surface area (Å²) in [5, 5.41) is 123. The molecule has 2 amide bonds. The van der Waals surface area contributed by atoms with Gasteiger partial charge >= 0.3 is 11.9 Å². The highest BCUT2D eigenvalue weighted by Crippen LogP contribution is 2.39. The van der Waals surface area contributed by atoms with Gasteiger partial charge in [-0.05, 0) is 12.8 Å². The van der Waals surface area contributed by atoms with Crippen molar-refractivity contribution in [3.8, 4) is 0 Å². The molecule has 570 valence electrons. The number of carbonyl (C=O) groups is 4. The molecule has 0 aromatic rings. The Balaban J connectivity index is 1.39. The second-order valence-corrected chi connectivity index (χ2v) is 26.7. The van der Waals surface area contributed by atoms with E-state index in [4.69, 9.17) is 47.4 Å². The molecule has 3 fully saturated rings. The third-order valence-corrected chi connectivity index (χ3v) is 18.3. The van der Waals surface area contributed by atoms with E-state index in [0.29, 0.717) is 19.8 Å². The third-order valence-electron chi connectivity index (χ3n) is 18.3. The summed E-state index contributed by atoms with van der Waals surface area (Å²) in [6.07, 6.45) is 12.5. The van der Waals surface area contributed by atoms with E-state index < -0.39 is 154 Å². The van der Waals surface area contributed by atoms with Crippen LogP contribution in [0.2, 0.25) is 0 Å². The van der Waals surface area contributed by atoms with Gasteiger partial charge in [-0.1, -0.05) is 206 Å². The zero-order valence-corrected chi connectivity index (χ0v) is 58.9. The van der Waals surface area contributed by atoms with Crippen molar-refractivity contribution in [2.45, 2.75) is 349 Å². The van der Waals surface area contributed by atoms with Crippen molar-refractivity contribution < 1.29 is 123 Å². The summed E-state index contributed by atoms with van der Waals surface area (Å²) in [7, 11) is 0. The van der Waals surface area contributed by atoms with Crippen LogP contribution in [0.15, 0.2) is 0 Å². The van der Waals surface area contributed by atoms with Gasteiger partial charge in [-0.15, -0.1) is 0 Å². The largest absolute Gasteiger partial charge is 0.477 e. The van der Waals surface area contributed by atoms with Crippen LogP contribution in [0.25, 0.3) is 0 Å². The number of carboxylic acids is 1. The minimum absolute atomic E-state index is 0.0172. The van der Waals surface area contributed by atoms with E-state index in [9.17, 15) is 75.3 Å². The van der Waals surface area contributed by atoms with Crippen LogP contribution in [0, 0.1) is 0 Å². The van der Waals surface area contributed by atoms with Crippen molar-refractivity contribution in [3.63, 3.8) is 0 Å². The number of carbonyl (C=O) groups excluding carboxylic acids is 3. The first-order valence-electron chi connectivity index (χ1n) is 37.1. The number of esters is 1. The van der Waals surface area contributed by atoms with Crippen molar-refractivity contribution in [1.29, 1.82) is 0 Å². The SMILES string of the molecule is CCCCCCCCCCCCCCCCCCOCC(COC(=O)CCC(=O)NCCOCCO[C@@H]1O[C@H](CO)[C@@H](O[C@@H]2O[C@H](CO)[C@H](O)[C@H](O[C@]3(C(=O)O)C[C@H](O)[C@@H](NC(C)=O)[C@H]([C@H](O)[C@H](O)CO)O3)[C@H]2O)[C@H](O)[C@H]1O)OCCCCCCCCCCCCCCCCCC. The fourth-order valence-electron chi connectivity index (χ4n) is 12.4. The molecule has 0 aromatic carbocycles. The normalized spacial score (nSPS) is 26.9. The van der Waals surface area contributed by atoms with E-state index in [1.807, 2.05) is 0 Å². The molecule has 27 heteroatoms. The summed E-state index contributed by atoms with van der Waals surface area (Å²) in [4.78, 5) is 50.4. The van der Waals surface area contributed by atoms with Crippen molar-refractivity contribution in [2.75, 3.05) is 72.6 Å². The fraction of sp³-hybridized carbons (Fsp3) is 0.943. The molecule has 13 N–H and O–H groups in total. The van der Waals surface area contributed by atoms with Gasteiger partial charge in [-0.25, -0.2) is 4.79 Å². The van der Waals surface area contributed by atoms with Crippen LogP contribution >= 0.6 is 0 Å².